The van der Waals surface area contributed by atoms with Crippen LogP contribution in [0.3, 0.4) is 0 Å². The Labute approximate surface area is 72.4 Å². The highest BCUT2D eigenvalue weighted by Gasteiger charge is 2.11. The minimum Gasteiger partial charge on any atom is -0.481 e. The summed E-state index contributed by atoms with van der Waals surface area (Å²) in [6.07, 6.45) is 1.11. The van der Waals surface area contributed by atoms with Gasteiger partial charge in [0.2, 0.25) is 0 Å². The topological polar surface area (TPSA) is 37.3 Å². The van der Waals surface area contributed by atoms with E-state index < -0.39 is 5.97 Å². The highest BCUT2D eigenvalue weighted by Crippen LogP contribution is 2.16. The van der Waals surface area contributed by atoms with Crippen LogP contribution in [0.25, 0.3) is 0 Å². The monoisotopic (exact) mass is 176 g/mol. The Hall–Kier alpha value is -0.180. The van der Waals surface area contributed by atoms with Gasteiger partial charge in [0.25, 0.3) is 0 Å². The summed E-state index contributed by atoms with van der Waals surface area (Å²) in [6, 6.07) is 0. The van der Waals surface area contributed by atoms with Crippen molar-refractivity contribution < 1.29 is 9.90 Å². The average molecular weight is 176 g/mol. The summed E-state index contributed by atoms with van der Waals surface area (Å²) in [5, 5.41) is 9.13. The molecule has 66 valence electrons. The first kappa shape index (κ1) is 10.8. The molecule has 0 saturated heterocycles. The molecule has 0 aliphatic rings. The van der Waals surface area contributed by atoms with Crippen LogP contribution < -0.4 is 0 Å². The van der Waals surface area contributed by atoms with Crippen LogP contribution >= 0.6 is 11.8 Å². The van der Waals surface area contributed by atoms with Crippen LogP contribution in [-0.2, 0) is 4.79 Å². The molecule has 0 fully saturated rings. The van der Waals surface area contributed by atoms with Crippen molar-refractivity contribution in [3.8, 4) is 0 Å². The Morgan fingerprint density at radius 2 is 2.09 bits per heavy atom. The number of carbonyl (C=O) groups is 1. The lowest BCUT2D eigenvalue weighted by Gasteiger charge is -2.09. The molecule has 0 rings (SSSR count). The number of rotatable bonds is 5. The van der Waals surface area contributed by atoms with Crippen LogP contribution in [0.1, 0.15) is 27.2 Å². The minimum absolute atomic E-state index is 0.214. The fourth-order valence-corrected chi connectivity index (χ4v) is 1.49. The zero-order chi connectivity index (χ0) is 8.85. The van der Waals surface area contributed by atoms with Crippen molar-refractivity contribution in [2.75, 3.05) is 5.75 Å². The molecule has 2 unspecified atom stereocenters. The molecule has 0 aliphatic heterocycles. The maximum absolute atomic E-state index is 10.4. The quantitative estimate of drug-likeness (QED) is 0.698. The van der Waals surface area contributed by atoms with Crippen LogP contribution in [0.4, 0.5) is 0 Å². The van der Waals surface area contributed by atoms with E-state index in [9.17, 15) is 4.79 Å². The van der Waals surface area contributed by atoms with E-state index in [0.29, 0.717) is 5.25 Å². The zero-order valence-electron chi connectivity index (χ0n) is 7.33. The van der Waals surface area contributed by atoms with Crippen molar-refractivity contribution in [2.24, 2.45) is 5.92 Å². The van der Waals surface area contributed by atoms with E-state index in [1.807, 2.05) is 0 Å². The number of hydrogen-bond acceptors (Lipinski definition) is 2. The van der Waals surface area contributed by atoms with Gasteiger partial charge in [-0.15, -0.1) is 0 Å². The molecule has 0 aliphatic carbocycles. The molecular formula is C8H16O2S. The van der Waals surface area contributed by atoms with Crippen molar-refractivity contribution in [3.63, 3.8) is 0 Å². The van der Waals surface area contributed by atoms with Gasteiger partial charge in [0.05, 0.1) is 5.92 Å². The number of carboxylic acids is 1. The van der Waals surface area contributed by atoms with Gasteiger partial charge < -0.3 is 5.11 Å². The smallest absolute Gasteiger partial charge is 0.307 e. The van der Waals surface area contributed by atoms with Crippen molar-refractivity contribution in [2.45, 2.75) is 32.4 Å². The van der Waals surface area contributed by atoms with Crippen molar-refractivity contribution in [1.29, 1.82) is 0 Å². The van der Waals surface area contributed by atoms with Gasteiger partial charge in [-0.25, -0.2) is 0 Å². The van der Waals surface area contributed by atoms with E-state index in [2.05, 4.69) is 13.8 Å². The summed E-state index contributed by atoms with van der Waals surface area (Å²) in [6.45, 7) is 5.99. The van der Waals surface area contributed by atoms with E-state index in [0.717, 1.165) is 12.2 Å². The second-order valence-electron chi connectivity index (χ2n) is 2.79. The molecule has 0 bridgehead atoms. The largest absolute Gasteiger partial charge is 0.481 e. The first-order chi connectivity index (χ1) is 5.07. The lowest BCUT2D eigenvalue weighted by molar-refractivity contribution is -0.140. The maximum atomic E-state index is 10.4. The summed E-state index contributed by atoms with van der Waals surface area (Å²) < 4.78 is 0. The van der Waals surface area contributed by atoms with Crippen LogP contribution in [0, 0.1) is 5.92 Å². The molecule has 0 amide bonds. The van der Waals surface area contributed by atoms with Gasteiger partial charge in [-0.1, -0.05) is 20.8 Å². The van der Waals surface area contributed by atoms with Crippen LogP contribution in [0.5, 0.6) is 0 Å². The summed E-state index contributed by atoms with van der Waals surface area (Å²) in [5.41, 5.74) is 0. The second kappa shape index (κ2) is 5.47. The lowest BCUT2D eigenvalue weighted by atomic mass is 10.2. The fourth-order valence-electron chi connectivity index (χ4n) is 0.498. The first-order valence-corrected chi connectivity index (χ1v) is 4.97. The standard InChI is InChI=1S/C8H16O2S/c1-4-7(3)11-5-6(2)8(9)10/h6-7H,4-5H2,1-3H3,(H,9,10). The molecule has 1 N–H and O–H groups in total. The van der Waals surface area contributed by atoms with Crippen LogP contribution in [0.2, 0.25) is 0 Å². The first-order valence-electron chi connectivity index (χ1n) is 3.92. The van der Waals surface area contributed by atoms with Gasteiger partial charge in [-0.05, 0) is 6.42 Å². The Kier molecular flexibility index (Phi) is 5.38. The predicted octanol–water partition coefficient (Wildman–Crippen LogP) is 2.24. The molecule has 2 nitrogen and oxygen atoms in total. The number of carboxylic acid groups (broad SMARTS) is 1. The molecule has 0 heterocycles. The van der Waals surface area contributed by atoms with Gasteiger partial charge in [-0.2, -0.15) is 11.8 Å². The molecule has 0 radical (unpaired) electrons. The zero-order valence-corrected chi connectivity index (χ0v) is 8.15. The maximum Gasteiger partial charge on any atom is 0.307 e. The van der Waals surface area contributed by atoms with Gasteiger partial charge in [0.15, 0.2) is 0 Å². The average Bonchev–Trinajstić information content (AvgIpc) is 1.99. The van der Waals surface area contributed by atoms with Gasteiger partial charge in [-0.3, -0.25) is 4.79 Å². The molecule has 0 aromatic heterocycles. The third-order valence-corrected chi connectivity index (χ3v) is 3.22. The molecule has 11 heavy (non-hydrogen) atoms. The third-order valence-electron chi connectivity index (χ3n) is 1.63. The fraction of sp³-hybridized carbons (Fsp3) is 0.875. The van der Waals surface area contributed by atoms with Crippen molar-refractivity contribution >= 4 is 17.7 Å². The minimum atomic E-state index is -0.694. The molecule has 0 spiro atoms. The van der Waals surface area contributed by atoms with E-state index in [4.69, 9.17) is 5.11 Å². The summed E-state index contributed by atoms with van der Waals surface area (Å²) >= 11 is 1.73. The summed E-state index contributed by atoms with van der Waals surface area (Å²) in [4.78, 5) is 10.4. The number of hydrogen-bond donors (Lipinski definition) is 1. The van der Waals surface area contributed by atoms with Crippen molar-refractivity contribution in [1.82, 2.24) is 0 Å². The SMILES string of the molecule is CCC(C)SCC(C)C(=O)O. The van der Waals surface area contributed by atoms with E-state index in [1.54, 1.807) is 18.7 Å². The Bertz CT molecular complexity index is 125. The normalized spacial score (nSPS) is 15.9. The molecule has 0 aromatic carbocycles. The van der Waals surface area contributed by atoms with Gasteiger partial charge in [0.1, 0.15) is 0 Å². The summed E-state index contributed by atoms with van der Waals surface area (Å²) in [7, 11) is 0. The van der Waals surface area contributed by atoms with E-state index in [1.165, 1.54) is 0 Å². The Balaban J connectivity index is 3.45. The third kappa shape index (κ3) is 5.13. The van der Waals surface area contributed by atoms with Gasteiger partial charge >= 0.3 is 5.97 Å². The van der Waals surface area contributed by atoms with E-state index >= 15 is 0 Å². The Morgan fingerprint density at radius 3 is 2.45 bits per heavy atom. The second-order valence-corrected chi connectivity index (χ2v) is 4.26. The highest BCUT2D eigenvalue weighted by molar-refractivity contribution is 7.99. The van der Waals surface area contributed by atoms with Gasteiger partial charge in [0, 0.05) is 11.0 Å². The number of aliphatic carboxylic acids is 1. The molecule has 2 atom stereocenters. The van der Waals surface area contributed by atoms with E-state index in [-0.39, 0.29) is 5.92 Å². The van der Waals surface area contributed by atoms with Crippen LogP contribution in [-0.4, -0.2) is 22.1 Å². The van der Waals surface area contributed by atoms with Crippen molar-refractivity contribution in [3.05, 3.63) is 0 Å². The van der Waals surface area contributed by atoms with Crippen LogP contribution in [0.15, 0.2) is 0 Å². The molecular weight excluding hydrogens is 160 g/mol. The molecule has 0 saturated carbocycles. The lowest BCUT2D eigenvalue weighted by Crippen LogP contribution is -2.13. The molecule has 0 aromatic rings. The Morgan fingerprint density at radius 1 is 1.55 bits per heavy atom. The number of thioether (sulfide) groups is 1. The summed E-state index contributed by atoms with van der Waals surface area (Å²) in [5.74, 6) is -0.181. The predicted molar refractivity (Wildman–Crippen MR) is 49.0 cm³/mol. The highest BCUT2D eigenvalue weighted by atomic mass is 32.2. The molecule has 3 heteroatoms.